The molecule has 0 fully saturated rings. The predicted octanol–water partition coefficient (Wildman–Crippen LogP) is 6.70. The first-order valence-corrected chi connectivity index (χ1v) is 12.9. The summed E-state index contributed by atoms with van der Waals surface area (Å²) < 4.78 is 11.9. The molecule has 0 aliphatic heterocycles. The van der Waals surface area contributed by atoms with Crippen LogP contribution in [0, 0.1) is 11.8 Å². The number of hydrogen-bond donors (Lipinski definition) is 2. The molecule has 0 saturated heterocycles. The van der Waals surface area contributed by atoms with Crippen LogP contribution in [0.1, 0.15) is 25.0 Å². The van der Waals surface area contributed by atoms with Gasteiger partial charge in [-0.3, -0.25) is 9.59 Å². The highest BCUT2D eigenvalue weighted by atomic mass is 79.9. The molecule has 1 unspecified atom stereocenters. The van der Waals surface area contributed by atoms with Gasteiger partial charge in [0, 0.05) is 31.3 Å². The average Bonchev–Trinajstić information content (AvgIpc) is 2.84. The van der Waals surface area contributed by atoms with Crippen molar-refractivity contribution < 1.29 is 19.1 Å². The lowest BCUT2D eigenvalue weighted by Crippen LogP contribution is -2.39. The van der Waals surface area contributed by atoms with E-state index in [1.165, 1.54) is 6.21 Å². The molecule has 3 aromatic carbocycles. The zero-order valence-electron chi connectivity index (χ0n) is 20.4. The Hall–Kier alpha value is -3.07. The average molecular weight is 607 g/mol. The van der Waals surface area contributed by atoms with Gasteiger partial charge in [0.05, 0.1) is 13.3 Å². The molecule has 7 nitrogen and oxygen atoms in total. The number of methoxy groups -OCH3 is 1. The summed E-state index contributed by atoms with van der Waals surface area (Å²) in [5.74, 6) is -0.976. The highest BCUT2D eigenvalue weighted by Gasteiger charge is 2.30. The maximum atomic E-state index is 12.9. The number of nitrogens with zero attached hydrogens (tertiary/aromatic N) is 1. The number of nitrogens with one attached hydrogen (secondary N) is 2. The Morgan fingerprint density at radius 1 is 1.03 bits per heavy atom. The first kappa shape index (κ1) is 28.5. The van der Waals surface area contributed by atoms with Crippen molar-refractivity contribution in [3.05, 3.63) is 86.3 Å². The second kappa shape index (κ2) is 13.5. The van der Waals surface area contributed by atoms with Crippen LogP contribution >= 0.6 is 39.1 Å². The van der Waals surface area contributed by atoms with Crippen molar-refractivity contribution in [2.45, 2.75) is 20.5 Å². The fourth-order valence-corrected chi connectivity index (χ4v) is 4.24. The van der Waals surface area contributed by atoms with E-state index in [1.54, 1.807) is 75.6 Å². The number of ether oxygens (including phenoxy) is 2. The van der Waals surface area contributed by atoms with Gasteiger partial charge in [-0.15, -0.1) is 0 Å². The van der Waals surface area contributed by atoms with Crippen LogP contribution in [0.15, 0.2) is 70.2 Å². The number of amides is 2. The molecule has 0 spiro atoms. The smallest absolute Gasteiger partial charge is 0.252 e. The van der Waals surface area contributed by atoms with E-state index < -0.39 is 17.7 Å². The van der Waals surface area contributed by atoms with Gasteiger partial charge in [-0.25, -0.2) is 5.43 Å². The lowest BCUT2D eigenvalue weighted by Gasteiger charge is -2.18. The lowest BCUT2D eigenvalue weighted by atomic mass is 9.94. The lowest BCUT2D eigenvalue weighted by molar-refractivity contribution is -0.134. The first-order valence-electron chi connectivity index (χ1n) is 11.3. The van der Waals surface area contributed by atoms with Crippen molar-refractivity contribution in [2.75, 3.05) is 12.4 Å². The molecular formula is C27H26BrCl2N3O4. The zero-order valence-corrected chi connectivity index (χ0v) is 23.5. The molecule has 2 amide bonds. The van der Waals surface area contributed by atoms with Crippen molar-refractivity contribution in [1.82, 2.24) is 5.43 Å². The summed E-state index contributed by atoms with van der Waals surface area (Å²) in [5.41, 5.74) is 4.42. The number of halogens is 3. The van der Waals surface area contributed by atoms with Gasteiger partial charge in [-0.1, -0.05) is 59.0 Å². The zero-order chi connectivity index (χ0) is 26.9. The summed E-state index contributed by atoms with van der Waals surface area (Å²) in [4.78, 5) is 25.7. The molecule has 3 rings (SSSR count). The minimum Gasteiger partial charge on any atom is -0.497 e. The second-order valence-electron chi connectivity index (χ2n) is 8.38. The maximum absolute atomic E-state index is 12.9. The number of carbonyl (C=O) groups excluding carboxylic acids is 2. The van der Waals surface area contributed by atoms with E-state index in [0.717, 1.165) is 10.0 Å². The summed E-state index contributed by atoms with van der Waals surface area (Å²) >= 11 is 15.6. The SMILES string of the molecule is COc1ccc(NC(=O)C(C(=O)NN=Cc2cc(Br)ccc2OCc2ccc(Cl)cc2Cl)C(C)C)cc1. The van der Waals surface area contributed by atoms with E-state index >= 15 is 0 Å². The Morgan fingerprint density at radius 3 is 2.41 bits per heavy atom. The topological polar surface area (TPSA) is 89.0 Å². The molecule has 0 aromatic heterocycles. The number of benzene rings is 3. The number of hydrogen-bond acceptors (Lipinski definition) is 5. The Kier molecular flexibility index (Phi) is 10.4. The van der Waals surface area contributed by atoms with Crippen LogP contribution in [0.3, 0.4) is 0 Å². The second-order valence-corrected chi connectivity index (χ2v) is 10.1. The highest BCUT2D eigenvalue weighted by molar-refractivity contribution is 9.10. The minimum atomic E-state index is -0.954. The van der Waals surface area contributed by atoms with Crippen molar-refractivity contribution in [3.63, 3.8) is 0 Å². The molecule has 0 radical (unpaired) electrons. The fourth-order valence-electron chi connectivity index (χ4n) is 3.40. The monoisotopic (exact) mass is 605 g/mol. The van der Waals surface area contributed by atoms with Crippen LogP contribution in [-0.4, -0.2) is 25.1 Å². The van der Waals surface area contributed by atoms with Gasteiger partial charge in [0.2, 0.25) is 5.91 Å². The van der Waals surface area contributed by atoms with Gasteiger partial charge in [0.15, 0.2) is 0 Å². The molecule has 37 heavy (non-hydrogen) atoms. The molecule has 3 aromatic rings. The molecule has 194 valence electrons. The van der Waals surface area contributed by atoms with E-state index in [9.17, 15) is 9.59 Å². The Bertz CT molecular complexity index is 1280. The van der Waals surface area contributed by atoms with Crippen LogP contribution in [0.25, 0.3) is 0 Å². The third-order valence-corrected chi connectivity index (χ3v) is 6.42. The quantitative estimate of drug-likeness (QED) is 0.153. The number of carbonyl (C=O) groups is 2. The standard InChI is InChI=1S/C27H26BrCl2N3O4/c1-16(2)25(26(34)32-21-7-9-22(36-3)10-8-21)27(35)33-31-14-18-12-19(28)5-11-24(18)37-15-17-4-6-20(29)13-23(17)30/h4-14,16,25H,15H2,1-3H3,(H,32,34)(H,33,35). The van der Waals surface area contributed by atoms with Gasteiger partial charge < -0.3 is 14.8 Å². The molecule has 1 atom stereocenters. The minimum absolute atomic E-state index is 0.214. The van der Waals surface area contributed by atoms with Gasteiger partial charge in [-0.05, 0) is 60.5 Å². The van der Waals surface area contributed by atoms with Crippen LogP contribution < -0.4 is 20.2 Å². The van der Waals surface area contributed by atoms with E-state index in [4.69, 9.17) is 32.7 Å². The Morgan fingerprint density at radius 2 is 1.76 bits per heavy atom. The van der Waals surface area contributed by atoms with Crippen LogP contribution in [0.5, 0.6) is 11.5 Å². The van der Waals surface area contributed by atoms with Gasteiger partial charge in [0.25, 0.3) is 5.91 Å². The number of anilines is 1. The molecule has 0 aliphatic carbocycles. The molecule has 2 N–H and O–H groups in total. The van der Waals surface area contributed by atoms with Crippen LogP contribution in [0.2, 0.25) is 10.0 Å². The van der Waals surface area contributed by atoms with Gasteiger partial charge in [0.1, 0.15) is 24.0 Å². The van der Waals surface area contributed by atoms with Crippen molar-refractivity contribution >= 4 is 62.8 Å². The Balaban J connectivity index is 1.67. The summed E-state index contributed by atoms with van der Waals surface area (Å²) in [7, 11) is 1.56. The van der Waals surface area contributed by atoms with E-state index in [-0.39, 0.29) is 12.5 Å². The first-order chi connectivity index (χ1) is 17.7. The molecule has 0 aliphatic rings. The molecular weight excluding hydrogens is 581 g/mol. The molecule has 10 heteroatoms. The summed E-state index contributed by atoms with van der Waals surface area (Å²) in [5, 5.41) is 7.89. The number of hydrazone groups is 1. The third-order valence-electron chi connectivity index (χ3n) is 5.34. The van der Waals surface area contributed by atoms with Gasteiger partial charge in [-0.2, -0.15) is 5.10 Å². The fraction of sp³-hybridized carbons (Fsp3) is 0.222. The van der Waals surface area contributed by atoms with E-state index in [0.29, 0.717) is 32.8 Å². The largest absolute Gasteiger partial charge is 0.497 e. The van der Waals surface area contributed by atoms with E-state index in [2.05, 4.69) is 31.8 Å². The highest BCUT2D eigenvalue weighted by Crippen LogP contribution is 2.26. The van der Waals surface area contributed by atoms with Crippen LogP contribution in [-0.2, 0) is 16.2 Å². The normalized spacial score (nSPS) is 11.9. The summed E-state index contributed by atoms with van der Waals surface area (Å²) in [6, 6.07) is 17.4. The third kappa shape index (κ3) is 8.21. The molecule has 0 saturated carbocycles. The molecule has 0 bridgehead atoms. The van der Waals surface area contributed by atoms with Gasteiger partial charge >= 0.3 is 0 Å². The predicted molar refractivity (Wildman–Crippen MR) is 151 cm³/mol. The number of rotatable bonds is 10. The van der Waals surface area contributed by atoms with Crippen molar-refractivity contribution in [3.8, 4) is 11.5 Å². The Labute approximate surface area is 234 Å². The summed E-state index contributed by atoms with van der Waals surface area (Å²) in [6.07, 6.45) is 1.46. The van der Waals surface area contributed by atoms with Crippen LogP contribution in [0.4, 0.5) is 5.69 Å². The van der Waals surface area contributed by atoms with Crippen molar-refractivity contribution in [2.24, 2.45) is 16.9 Å². The maximum Gasteiger partial charge on any atom is 0.252 e. The molecule has 0 heterocycles. The van der Waals surface area contributed by atoms with E-state index in [1.807, 2.05) is 6.07 Å². The summed E-state index contributed by atoms with van der Waals surface area (Å²) in [6.45, 7) is 3.80. The van der Waals surface area contributed by atoms with Crippen molar-refractivity contribution in [1.29, 1.82) is 0 Å².